The molecule has 8 aromatic carbocycles. The van der Waals surface area contributed by atoms with Crippen molar-refractivity contribution in [2.45, 2.75) is 0 Å². The van der Waals surface area contributed by atoms with E-state index in [0.717, 1.165) is 61.4 Å². The highest BCUT2D eigenvalue weighted by atomic mass is 16.3. The zero-order valence-corrected chi connectivity index (χ0v) is 30.7. The van der Waals surface area contributed by atoms with Crippen molar-refractivity contribution in [1.82, 2.24) is 19.5 Å². The van der Waals surface area contributed by atoms with E-state index in [9.17, 15) is 0 Å². The van der Waals surface area contributed by atoms with E-state index in [4.69, 9.17) is 19.4 Å². The second-order valence-corrected chi connectivity index (χ2v) is 14.1. The maximum Gasteiger partial charge on any atom is 0.164 e. The summed E-state index contributed by atoms with van der Waals surface area (Å²) in [6.45, 7) is 0. The highest BCUT2D eigenvalue weighted by Gasteiger charge is 2.19. The number of anilines is 3. The second-order valence-electron chi connectivity index (χ2n) is 14.1. The Labute approximate surface area is 328 Å². The molecule has 0 atom stereocenters. The van der Waals surface area contributed by atoms with Gasteiger partial charge in [0, 0.05) is 61.0 Å². The molecule has 57 heavy (non-hydrogen) atoms. The average Bonchev–Trinajstić information content (AvgIpc) is 3.83. The van der Waals surface area contributed by atoms with Gasteiger partial charge in [0.2, 0.25) is 0 Å². The summed E-state index contributed by atoms with van der Waals surface area (Å²) in [6, 6.07) is 69.3. The number of benzene rings is 8. The zero-order valence-electron chi connectivity index (χ0n) is 30.7. The van der Waals surface area contributed by atoms with Gasteiger partial charge in [-0.2, -0.15) is 0 Å². The van der Waals surface area contributed by atoms with Gasteiger partial charge in [0.15, 0.2) is 17.5 Å². The molecule has 0 radical (unpaired) electrons. The smallest absolute Gasteiger partial charge is 0.164 e. The van der Waals surface area contributed by atoms with Crippen molar-refractivity contribution >= 4 is 60.8 Å². The maximum absolute atomic E-state index is 6.53. The van der Waals surface area contributed by atoms with Gasteiger partial charge in [0.1, 0.15) is 11.2 Å². The van der Waals surface area contributed by atoms with Crippen molar-refractivity contribution in [2.24, 2.45) is 0 Å². The molecule has 11 aromatic rings. The molecule has 0 aliphatic heterocycles. The number of para-hydroxylation sites is 3. The van der Waals surface area contributed by atoms with Gasteiger partial charge >= 0.3 is 0 Å². The van der Waals surface area contributed by atoms with Crippen LogP contribution in [0.1, 0.15) is 0 Å². The molecule has 0 saturated heterocycles. The van der Waals surface area contributed by atoms with Gasteiger partial charge in [-0.3, -0.25) is 0 Å². The van der Waals surface area contributed by atoms with E-state index in [1.165, 1.54) is 21.8 Å². The molecule has 0 saturated carbocycles. The molecule has 0 aliphatic rings. The summed E-state index contributed by atoms with van der Waals surface area (Å²) < 4.78 is 8.87. The predicted molar refractivity (Wildman–Crippen MR) is 232 cm³/mol. The molecule has 0 unspecified atom stereocenters. The van der Waals surface area contributed by atoms with E-state index in [1.807, 2.05) is 66.7 Å². The highest BCUT2D eigenvalue weighted by molar-refractivity contribution is 6.09. The number of furan rings is 1. The Bertz CT molecular complexity index is 3120. The Morgan fingerprint density at radius 1 is 0.351 bits per heavy atom. The van der Waals surface area contributed by atoms with Crippen LogP contribution in [-0.4, -0.2) is 19.5 Å². The minimum Gasteiger partial charge on any atom is -0.456 e. The lowest BCUT2D eigenvalue weighted by Gasteiger charge is -2.26. The van der Waals surface area contributed by atoms with Crippen LogP contribution >= 0.6 is 0 Å². The molecular weight excluding hydrogens is 699 g/mol. The van der Waals surface area contributed by atoms with Crippen LogP contribution in [-0.2, 0) is 0 Å². The lowest BCUT2D eigenvalue weighted by Crippen LogP contribution is -2.09. The van der Waals surface area contributed by atoms with Gasteiger partial charge in [-0.1, -0.05) is 121 Å². The van der Waals surface area contributed by atoms with E-state index in [0.29, 0.717) is 17.5 Å². The summed E-state index contributed by atoms with van der Waals surface area (Å²) in [7, 11) is 0. The standard InChI is InChI=1S/C51H33N5O/c1-4-14-34(15-5-1)49-52-50(35-16-6-2-7-17-35)54-51(53-49)36-24-30-43-44-33-40(29-31-47(44)57-48(43)32-36)55(37-18-8-3-9-19-37)38-25-27-39(28-26-38)56-45-22-12-10-20-41(45)42-21-11-13-23-46(42)56/h1-33H. The lowest BCUT2D eigenvalue weighted by atomic mass is 10.1. The Morgan fingerprint density at radius 2 is 0.860 bits per heavy atom. The molecule has 0 bridgehead atoms. The van der Waals surface area contributed by atoms with Crippen LogP contribution < -0.4 is 4.90 Å². The second kappa shape index (κ2) is 13.5. The molecule has 0 spiro atoms. The minimum atomic E-state index is 0.588. The van der Waals surface area contributed by atoms with Gasteiger partial charge in [0.05, 0.1) is 11.0 Å². The van der Waals surface area contributed by atoms with Crippen molar-refractivity contribution in [3.8, 4) is 39.9 Å². The fraction of sp³-hybridized carbons (Fsp3) is 0. The van der Waals surface area contributed by atoms with Crippen molar-refractivity contribution in [3.63, 3.8) is 0 Å². The number of rotatable bonds is 7. The Kier molecular flexibility index (Phi) is 7.71. The zero-order chi connectivity index (χ0) is 37.7. The third-order valence-corrected chi connectivity index (χ3v) is 10.6. The summed E-state index contributed by atoms with van der Waals surface area (Å²) >= 11 is 0. The monoisotopic (exact) mass is 731 g/mol. The van der Waals surface area contributed by atoms with Crippen LogP contribution in [0, 0.1) is 0 Å². The fourth-order valence-corrected chi connectivity index (χ4v) is 7.96. The predicted octanol–water partition coefficient (Wildman–Crippen LogP) is 13.3. The molecule has 0 N–H and O–H groups in total. The SMILES string of the molecule is c1ccc(-c2nc(-c3ccccc3)nc(-c3ccc4c(c3)oc3ccc(N(c5ccccc5)c5ccc(-n6c7ccccc7c7ccccc76)cc5)cc34)n2)cc1. The van der Waals surface area contributed by atoms with Crippen LogP contribution in [0.2, 0.25) is 0 Å². The molecule has 0 aliphatic carbocycles. The Balaban J connectivity index is 0.998. The van der Waals surface area contributed by atoms with E-state index in [1.54, 1.807) is 0 Å². The molecule has 11 rings (SSSR count). The van der Waals surface area contributed by atoms with E-state index >= 15 is 0 Å². The first-order chi connectivity index (χ1) is 28.2. The van der Waals surface area contributed by atoms with Crippen LogP contribution in [0.3, 0.4) is 0 Å². The third kappa shape index (κ3) is 5.70. The molecule has 3 aromatic heterocycles. The first-order valence-electron chi connectivity index (χ1n) is 19.0. The number of hydrogen-bond donors (Lipinski definition) is 0. The largest absolute Gasteiger partial charge is 0.456 e. The van der Waals surface area contributed by atoms with Crippen LogP contribution in [0.5, 0.6) is 0 Å². The quantitative estimate of drug-likeness (QED) is 0.163. The number of fused-ring (bicyclic) bond motifs is 6. The maximum atomic E-state index is 6.53. The van der Waals surface area contributed by atoms with E-state index in [2.05, 4.69) is 143 Å². The van der Waals surface area contributed by atoms with Gasteiger partial charge < -0.3 is 13.9 Å². The first-order valence-corrected chi connectivity index (χ1v) is 19.0. The van der Waals surface area contributed by atoms with Crippen LogP contribution in [0.25, 0.3) is 83.6 Å². The molecule has 268 valence electrons. The first kappa shape index (κ1) is 32.6. The van der Waals surface area contributed by atoms with E-state index in [-0.39, 0.29) is 0 Å². The number of nitrogens with zero attached hydrogens (tertiary/aromatic N) is 5. The molecule has 6 heteroatoms. The molecule has 3 heterocycles. The van der Waals surface area contributed by atoms with Gasteiger partial charge in [-0.15, -0.1) is 0 Å². The van der Waals surface area contributed by atoms with E-state index < -0.39 is 0 Å². The van der Waals surface area contributed by atoms with Crippen molar-refractivity contribution in [3.05, 3.63) is 200 Å². The molecular formula is C51H33N5O. The minimum absolute atomic E-state index is 0.588. The van der Waals surface area contributed by atoms with Gasteiger partial charge in [-0.25, -0.2) is 15.0 Å². The number of hydrogen-bond acceptors (Lipinski definition) is 5. The topological polar surface area (TPSA) is 60.0 Å². The van der Waals surface area contributed by atoms with Gasteiger partial charge in [-0.05, 0) is 78.9 Å². The van der Waals surface area contributed by atoms with Crippen LogP contribution in [0.4, 0.5) is 17.1 Å². The summed E-state index contributed by atoms with van der Waals surface area (Å²) in [5.74, 6) is 1.83. The van der Waals surface area contributed by atoms with Crippen molar-refractivity contribution < 1.29 is 4.42 Å². The fourth-order valence-electron chi connectivity index (χ4n) is 7.96. The third-order valence-electron chi connectivity index (χ3n) is 10.6. The Morgan fingerprint density at radius 3 is 1.47 bits per heavy atom. The van der Waals surface area contributed by atoms with Gasteiger partial charge in [0.25, 0.3) is 0 Å². The van der Waals surface area contributed by atoms with Crippen molar-refractivity contribution in [1.29, 1.82) is 0 Å². The summed E-state index contributed by atoms with van der Waals surface area (Å²) in [5, 5.41) is 4.55. The van der Waals surface area contributed by atoms with Crippen LogP contribution in [0.15, 0.2) is 205 Å². The summed E-state index contributed by atoms with van der Waals surface area (Å²) in [6.07, 6.45) is 0. The molecule has 0 fully saturated rings. The summed E-state index contributed by atoms with van der Waals surface area (Å²) in [4.78, 5) is 17.0. The molecule has 6 nitrogen and oxygen atoms in total. The lowest BCUT2D eigenvalue weighted by molar-refractivity contribution is 0.669. The average molecular weight is 732 g/mol. The number of aromatic nitrogens is 4. The Hall–Kier alpha value is -7.83. The molecule has 0 amide bonds. The highest BCUT2D eigenvalue weighted by Crippen LogP contribution is 2.40. The normalized spacial score (nSPS) is 11.5. The van der Waals surface area contributed by atoms with Crippen molar-refractivity contribution in [2.75, 3.05) is 4.90 Å². The summed E-state index contributed by atoms with van der Waals surface area (Å²) in [5.41, 5.74) is 10.9.